The van der Waals surface area contributed by atoms with Crippen molar-refractivity contribution in [3.05, 3.63) is 53.4 Å². The third-order valence-corrected chi connectivity index (χ3v) is 6.60. The van der Waals surface area contributed by atoms with Crippen molar-refractivity contribution < 1.29 is 31.8 Å². The Morgan fingerprint density at radius 2 is 1.12 bits per heavy atom. The quantitative estimate of drug-likeness (QED) is 0.0327. The number of carbonyl (C=O) groups excluding carboxylic acids is 1. The second-order valence-corrected chi connectivity index (χ2v) is 10.1. The smallest absolute Gasteiger partial charge is 0.311 e. The minimum Gasteiger partial charge on any atom is -0.423 e. The number of hydrogen-bond donors (Lipinski definition) is 2. The van der Waals surface area contributed by atoms with E-state index in [4.69, 9.17) is 9.47 Å². The third-order valence-electron chi connectivity index (χ3n) is 6.60. The maximum atomic E-state index is 13.8. The van der Waals surface area contributed by atoms with Gasteiger partial charge in [0.05, 0.1) is 13.2 Å². The second kappa shape index (κ2) is 21.2. The molecule has 0 saturated heterocycles. The van der Waals surface area contributed by atoms with Crippen LogP contribution in [0.5, 0.6) is 5.75 Å². The molecule has 0 radical (unpaired) electrons. The molecule has 5 nitrogen and oxygen atoms in total. The first kappa shape index (κ1) is 35.5. The van der Waals surface area contributed by atoms with Crippen LogP contribution < -0.4 is 15.4 Å². The highest BCUT2D eigenvalue weighted by atomic mass is 19.2. The summed E-state index contributed by atoms with van der Waals surface area (Å²) < 4.78 is 64.4. The fourth-order valence-corrected chi connectivity index (χ4v) is 4.14. The minimum absolute atomic E-state index is 0.00852. The van der Waals surface area contributed by atoms with Crippen molar-refractivity contribution in [2.45, 2.75) is 104 Å². The van der Waals surface area contributed by atoms with E-state index in [1.807, 2.05) is 0 Å². The van der Waals surface area contributed by atoms with E-state index in [0.717, 1.165) is 89.2 Å². The number of benzene rings is 1. The normalized spacial score (nSPS) is 10.9. The molecule has 2 N–H and O–H groups in total. The van der Waals surface area contributed by atoms with Crippen molar-refractivity contribution in [2.24, 2.45) is 0 Å². The van der Waals surface area contributed by atoms with Gasteiger partial charge in [-0.3, -0.25) is 4.79 Å². The van der Waals surface area contributed by atoms with Crippen molar-refractivity contribution in [2.75, 3.05) is 26.3 Å². The lowest BCUT2D eigenvalue weighted by Gasteiger charge is -2.12. The Morgan fingerprint density at radius 3 is 1.65 bits per heavy atom. The number of ether oxygens (including phenoxy) is 2. The summed E-state index contributed by atoms with van der Waals surface area (Å²) in [6.45, 7) is 14.1. The molecule has 0 aliphatic heterocycles. The molecule has 0 amide bonds. The average molecular weight is 573 g/mol. The number of unbranched alkanes of at least 4 members (excludes halogenated alkanes) is 9. The van der Waals surface area contributed by atoms with Crippen molar-refractivity contribution in [3.63, 3.8) is 0 Å². The van der Waals surface area contributed by atoms with Gasteiger partial charge in [0.25, 0.3) is 0 Å². The van der Waals surface area contributed by atoms with Gasteiger partial charge in [0.2, 0.25) is 11.6 Å². The van der Waals surface area contributed by atoms with E-state index >= 15 is 0 Å². The number of allylic oxidation sites excluding steroid dienone is 2. The Hall–Kier alpha value is -2.55. The van der Waals surface area contributed by atoms with E-state index in [9.17, 15) is 22.4 Å². The molecule has 9 heteroatoms. The summed E-state index contributed by atoms with van der Waals surface area (Å²) in [7, 11) is 0. The van der Waals surface area contributed by atoms with Crippen LogP contribution in [0.25, 0.3) is 0 Å². The lowest BCUT2D eigenvalue weighted by Crippen LogP contribution is -2.23. The van der Waals surface area contributed by atoms with Crippen molar-refractivity contribution in [1.82, 2.24) is 10.6 Å². The lowest BCUT2D eigenvalue weighted by atomic mass is 10.1. The molecule has 40 heavy (non-hydrogen) atoms. The molecular weight excluding hydrogens is 524 g/mol. The Labute approximate surface area is 237 Å². The van der Waals surface area contributed by atoms with Crippen LogP contribution in [-0.4, -0.2) is 32.3 Å². The van der Waals surface area contributed by atoms with Crippen LogP contribution in [0.2, 0.25) is 0 Å². The van der Waals surface area contributed by atoms with Crippen LogP contribution in [0.1, 0.15) is 102 Å². The Morgan fingerprint density at radius 1 is 0.675 bits per heavy atom. The van der Waals surface area contributed by atoms with E-state index in [-0.39, 0.29) is 6.42 Å². The predicted octanol–water partition coefficient (Wildman–Crippen LogP) is 8.16. The highest BCUT2D eigenvalue weighted by Crippen LogP contribution is 2.30. The molecule has 0 spiro atoms. The number of halogens is 4. The van der Waals surface area contributed by atoms with E-state index in [1.54, 1.807) is 0 Å². The van der Waals surface area contributed by atoms with Crippen LogP contribution in [0.4, 0.5) is 17.6 Å². The van der Waals surface area contributed by atoms with Crippen LogP contribution in [0.3, 0.4) is 0 Å². The first-order valence-corrected chi connectivity index (χ1v) is 14.6. The summed E-state index contributed by atoms with van der Waals surface area (Å²) in [4.78, 5) is 11.9. The van der Waals surface area contributed by atoms with E-state index < -0.39 is 40.6 Å². The van der Waals surface area contributed by atoms with Crippen LogP contribution in [-0.2, 0) is 9.53 Å². The Balaban J connectivity index is 1.96. The molecule has 1 aromatic rings. The topological polar surface area (TPSA) is 59.6 Å². The molecule has 0 aliphatic rings. The van der Waals surface area contributed by atoms with E-state index in [0.29, 0.717) is 19.6 Å². The number of carbonyl (C=O) groups is 1. The van der Waals surface area contributed by atoms with Crippen molar-refractivity contribution >= 4 is 5.97 Å². The summed E-state index contributed by atoms with van der Waals surface area (Å²) in [6, 6.07) is 0. The molecule has 1 aromatic carbocycles. The predicted molar refractivity (Wildman–Crippen MR) is 152 cm³/mol. The Bertz CT molecular complexity index is 895. The largest absolute Gasteiger partial charge is 0.423 e. The highest BCUT2D eigenvalue weighted by molar-refractivity contribution is 5.72. The number of esters is 1. The zero-order valence-electron chi connectivity index (χ0n) is 24.4. The molecule has 0 aliphatic carbocycles. The summed E-state index contributed by atoms with van der Waals surface area (Å²) in [5, 5.41) is 6.61. The van der Waals surface area contributed by atoms with Crippen molar-refractivity contribution in [3.8, 4) is 5.75 Å². The average Bonchev–Trinajstić information content (AvgIpc) is 2.93. The zero-order chi connectivity index (χ0) is 29.8. The lowest BCUT2D eigenvalue weighted by molar-refractivity contribution is -0.134. The number of nitrogens with one attached hydrogen (secondary N) is 2. The molecule has 0 saturated carbocycles. The van der Waals surface area contributed by atoms with Gasteiger partial charge in [-0.1, -0.05) is 71.4 Å². The summed E-state index contributed by atoms with van der Waals surface area (Å²) in [6.07, 6.45) is 13.3. The zero-order valence-corrected chi connectivity index (χ0v) is 24.4. The van der Waals surface area contributed by atoms with Gasteiger partial charge in [0.1, 0.15) is 0 Å². The minimum atomic E-state index is -1.99. The first-order valence-electron chi connectivity index (χ1n) is 14.6. The molecule has 0 bridgehead atoms. The molecular formula is C31H48F4N2O3. The van der Waals surface area contributed by atoms with Gasteiger partial charge in [-0.05, 0) is 39.0 Å². The van der Waals surface area contributed by atoms with Crippen molar-refractivity contribution in [1.29, 1.82) is 0 Å². The van der Waals surface area contributed by atoms with Gasteiger partial charge in [0.15, 0.2) is 17.4 Å². The van der Waals surface area contributed by atoms with Crippen LogP contribution >= 0.6 is 0 Å². The van der Waals surface area contributed by atoms with Gasteiger partial charge >= 0.3 is 5.97 Å². The third kappa shape index (κ3) is 14.7. The van der Waals surface area contributed by atoms with Gasteiger partial charge in [0, 0.05) is 36.5 Å². The molecule has 0 aromatic heterocycles. The van der Waals surface area contributed by atoms with Crippen LogP contribution in [0.15, 0.2) is 24.6 Å². The fourth-order valence-electron chi connectivity index (χ4n) is 4.14. The number of hydrogen-bond acceptors (Lipinski definition) is 5. The molecule has 228 valence electrons. The van der Waals surface area contributed by atoms with Gasteiger partial charge in [-0.25, -0.2) is 13.2 Å². The van der Waals surface area contributed by atoms with Gasteiger partial charge < -0.3 is 20.1 Å². The monoisotopic (exact) mass is 572 g/mol. The second-order valence-electron chi connectivity index (χ2n) is 10.1. The highest BCUT2D eigenvalue weighted by Gasteiger charge is 2.25. The standard InChI is InChI=1S/C31H48F4N2O3/c1-5-6-13-16-23(2)36-19-21-39-22-20-37-24(3)17-14-11-9-7-8-10-12-15-18-26(38)40-31-25(4)27(32)28(33)29(34)30(31)35/h36-37H,2-3,5-22H2,1,4H3. The summed E-state index contributed by atoms with van der Waals surface area (Å²) >= 11 is 0. The molecule has 0 atom stereocenters. The maximum Gasteiger partial charge on any atom is 0.311 e. The maximum absolute atomic E-state index is 13.8. The Kier molecular flexibility index (Phi) is 18.8. The number of rotatable bonds is 24. The summed E-state index contributed by atoms with van der Waals surface area (Å²) in [5.41, 5.74) is 1.54. The SMILES string of the molecule is C=C(CCCCC)NCCOCCNC(=C)CCCCCCCCCCC(=O)Oc1c(C)c(F)c(F)c(F)c1F. The molecule has 0 fully saturated rings. The van der Waals surface area contributed by atoms with E-state index in [1.165, 1.54) is 19.3 Å². The fraction of sp³-hybridized carbons (Fsp3) is 0.645. The van der Waals surface area contributed by atoms with Crippen LogP contribution in [0, 0.1) is 30.2 Å². The first-order chi connectivity index (χ1) is 19.2. The van der Waals surface area contributed by atoms with E-state index in [2.05, 4.69) is 30.7 Å². The van der Waals surface area contributed by atoms with Gasteiger partial charge in [-0.15, -0.1) is 0 Å². The van der Waals surface area contributed by atoms with Gasteiger partial charge in [-0.2, -0.15) is 4.39 Å². The molecule has 0 heterocycles. The molecule has 0 unspecified atom stereocenters. The summed E-state index contributed by atoms with van der Waals surface area (Å²) in [5.74, 6) is -8.86. The molecule has 1 rings (SSSR count).